The zero-order chi connectivity index (χ0) is 36.1. The molecule has 1 aliphatic heterocycles. The van der Waals surface area contributed by atoms with Crippen molar-refractivity contribution in [2.45, 2.75) is 131 Å². The van der Waals surface area contributed by atoms with Crippen molar-refractivity contribution in [2.24, 2.45) is 10.8 Å². The molecule has 6 nitrogen and oxygen atoms in total. The van der Waals surface area contributed by atoms with Crippen LogP contribution in [0.4, 0.5) is 0 Å². The molecule has 2 fully saturated rings. The Balaban J connectivity index is 1.51. The summed E-state index contributed by atoms with van der Waals surface area (Å²) in [7, 11) is 0. The van der Waals surface area contributed by atoms with Gasteiger partial charge in [-0.05, 0) is 82.4 Å². The molecule has 1 saturated heterocycles. The molecule has 0 aromatic heterocycles. The van der Waals surface area contributed by atoms with Crippen molar-refractivity contribution >= 4 is 11.8 Å². The second-order valence-electron chi connectivity index (χ2n) is 15.7. The fraction of sp³-hybridized carbons (Fsp3) is 0.524. The van der Waals surface area contributed by atoms with Gasteiger partial charge in [0.25, 0.3) is 0 Å². The molecule has 0 spiro atoms. The zero-order valence-electron chi connectivity index (χ0n) is 31.1. The molecule has 2 N–H and O–H groups in total. The second-order valence-corrected chi connectivity index (χ2v) is 15.7. The van der Waals surface area contributed by atoms with Gasteiger partial charge in [-0.1, -0.05) is 111 Å². The molecular formula is C42H58O6. The van der Waals surface area contributed by atoms with E-state index in [1.165, 1.54) is 6.92 Å². The van der Waals surface area contributed by atoms with Crippen LogP contribution in [0.3, 0.4) is 0 Å². The first kappa shape index (κ1) is 39.1. The molecule has 4 atom stereocenters. The number of hydrogen-bond acceptors (Lipinski definition) is 6. The number of epoxide rings is 1. The quantitative estimate of drug-likeness (QED) is 0.0714. The van der Waals surface area contributed by atoms with Crippen molar-refractivity contribution in [3.63, 3.8) is 0 Å². The number of hydrogen-bond donors (Lipinski definition) is 2. The third-order valence-corrected chi connectivity index (χ3v) is 10.0. The van der Waals surface area contributed by atoms with Gasteiger partial charge in [0, 0.05) is 26.2 Å². The average Bonchev–Trinajstić information content (AvgIpc) is 3.53. The smallest absolute Gasteiger partial charge is 0.307 e. The molecule has 0 aromatic rings. The number of rotatable bonds is 12. The van der Waals surface area contributed by atoms with Crippen LogP contribution in [-0.2, 0) is 19.1 Å². The van der Waals surface area contributed by atoms with Crippen molar-refractivity contribution in [2.75, 3.05) is 0 Å². The Morgan fingerprint density at radius 2 is 1.46 bits per heavy atom. The maximum Gasteiger partial charge on any atom is 0.307 e. The first-order chi connectivity index (χ1) is 22.1. The number of ether oxygens (including phenoxy) is 2. The molecule has 3 rings (SSSR count). The topological polar surface area (TPSA) is 96.4 Å². The van der Waals surface area contributed by atoms with E-state index in [2.05, 4.69) is 52.8 Å². The normalized spacial score (nSPS) is 31.8. The predicted molar refractivity (Wildman–Crippen MR) is 195 cm³/mol. The van der Waals surface area contributed by atoms with E-state index in [0.717, 1.165) is 22.3 Å². The van der Waals surface area contributed by atoms with Crippen LogP contribution in [0.2, 0.25) is 0 Å². The summed E-state index contributed by atoms with van der Waals surface area (Å²) in [6, 6.07) is 0. The fourth-order valence-corrected chi connectivity index (χ4v) is 7.57. The van der Waals surface area contributed by atoms with E-state index in [0.29, 0.717) is 43.4 Å². The highest BCUT2D eigenvalue weighted by Gasteiger charge is 2.76. The largest absolute Gasteiger partial charge is 0.431 e. The Hall–Kier alpha value is -3.32. The number of ketones is 1. The number of carbonyl (C=O) groups excluding carboxylic acids is 2. The van der Waals surface area contributed by atoms with Gasteiger partial charge in [-0.15, -0.1) is 0 Å². The van der Waals surface area contributed by atoms with Crippen LogP contribution in [0.1, 0.15) is 108 Å². The molecule has 6 heteroatoms. The zero-order valence-corrected chi connectivity index (χ0v) is 31.1. The van der Waals surface area contributed by atoms with Gasteiger partial charge in [-0.3, -0.25) is 9.59 Å². The SMILES string of the molecule is CC(=O)OC1=C[C@@](C)(O)C(=CC/C(C)=C/C=C/C(C)=C/C=C/C=C(C)/C=C/C=C(\C)C(=O)C[C@@]23O[C@]2(C)C[C@@H](O)CC3(C)C)C(C)(C)C1. The van der Waals surface area contributed by atoms with Crippen molar-refractivity contribution in [3.05, 3.63) is 107 Å². The van der Waals surface area contributed by atoms with Crippen LogP contribution in [0.5, 0.6) is 0 Å². The van der Waals surface area contributed by atoms with Gasteiger partial charge < -0.3 is 19.7 Å². The van der Waals surface area contributed by atoms with E-state index in [1.54, 1.807) is 13.0 Å². The average molecular weight is 659 g/mol. The molecule has 0 bridgehead atoms. The van der Waals surface area contributed by atoms with Crippen molar-refractivity contribution in [1.82, 2.24) is 0 Å². The summed E-state index contributed by atoms with van der Waals surface area (Å²) < 4.78 is 11.5. The Kier molecular flexibility index (Phi) is 12.3. The number of allylic oxidation sites excluding steroid dienone is 16. The fourth-order valence-electron chi connectivity index (χ4n) is 7.57. The first-order valence-corrected chi connectivity index (χ1v) is 17.1. The van der Waals surface area contributed by atoms with Crippen molar-refractivity contribution < 1.29 is 29.3 Å². The Morgan fingerprint density at radius 3 is 2.00 bits per heavy atom. The third-order valence-electron chi connectivity index (χ3n) is 10.0. The van der Waals surface area contributed by atoms with Gasteiger partial charge in [0.2, 0.25) is 0 Å². The lowest BCUT2D eigenvalue weighted by molar-refractivity contribution is -0.137. The number of fused-ring (bicyclic) bond motifs is 1. The Bertz CT molecular complexity index is 1530. The first-order valence-electron chi connectivity index (χ1n) is 17.1. The summed E-state index contributed by atoms with van der Waals surface area (Å²) in [5.74, 6) is 0.219. The van der Waals surface area contributed by atoms with Crippen LogP contribution in [-0.4, -0.2) is 44.9 Å². The maximum atomic E-state index is 13.1. The minimum atomic E-state index is -1.18. The molecule has 0 aromatic carbocycles. The highest BCUT2D eigenvalue weighted by atomic mass is 16.6. The van der Waals surface area contributed by atoms with Gasteiger partial charge >= 0.3 is 5.97 Å². The molecular weight excluding hydrogens is 600 g/mol. The van der Waals surface area contributed by atoms with Gasteiger partial charge in [0.1, 0.15) is 17.0 Å². The predicted octanol–water partition coefficient (Wildman–Crippen LogP) is 9.05. The minimum Gasteiger partial charge on any atom is -0.431 e. The molecule has 2 aliphatic carbocycles. The maximum absolute atomic E-state index is 13.1. The van der Waals surface area contributed by atoms with E-state index in [9.17, 15) is 19.8 Å². The molecule has 0 amide bonds. The number of Topliss-reactive ketones (excluding diaryl/α,β-unsaturated/α-hetero) is 1. The van der Waals surface area contributed by atoms with E-state index in [1.807, 2.05) is 76.3 Å². The number of carbonyl (C=O) groups is 2. The lowest BCUT2D eigenvalue weighted by Gasteiger charge is -2.41. The van der Waals surface area contributed by atoms with Crippen molar-refractivity contribution in [1.29, 1.82) is 0 Å². The van der Waals surface area contributed by atoms with Crippen LogP contribution >= 0.6 is 0 Å². The molecule has 48 heavy (non-hydrogen) atoms. The summed E-state index contributed by atoms with van der Waals surface area (Å²) in [6.07, 6.45) is 26.2. The monoisotopic (exact) mass is 658 g/mol. The summed E-state index contributed by atoms with van der Waals surface area (Å²) in [5, 5.41) is 21.4. The van der Waals surface area contributed by atoms with Gasteiger partial charge in [-0.2, -0.15) is 0 Å². The van der Waals surface area contributed by atoms with E-state index < -0.39 is 16.8 Å². The number of aliphatic hydroxyl groups is 2. The highest BCUT2D eigenvalue weighted by molar-refractivity contribution is 5.96. The van der Waals surface area contributed by atoms with Gasteiger partial charge in [0.05, 0.1) is 11.7 Å². The number of aliphatic hydroxyl groups excluding tert-OH is 1. The Morgan fingerprint density at radius 1 is 0.875 bits per heavy atom. The minimum absolute atomic E-state index is 0.0833. The van der Waals surface area contributed by atoms with E-state index in [4.69, 9.17) is 9.47 Å². The molecule has 1 saturated carbocycles. The summed E-state index contributed by atoms with van der Waals surface area (Å²) in [5.41, 5.74) is 2.24. The molecule has 262 valence electrons. The van der Waals surface area contributed by atoms with Crippen LogP contribution in [0.25, 0.3) is 0 Å². The summed E-state index contributed by atoms with van der Waals surface area (Å²) >= 11 is 0. The van der Waals surface area contributed by atoms with Crippen LogP contribution in [0, 0.1) is 10.8 Å². The Labute approximate surface area is 289 Å². The van der Waals surface area contributed by atoms with Gasteiger partial charge in [-0.25, -0.2) is 0 Å². The third kappa shape index (κ3) is 9.64. The lowest BCUT2D eigenvalue weighted by atomic mass is 9.61. The van der Waals surface area contributed by atoms with E-state index >= 15 is 0 Å². The molecule has 3 aliphatic rings. The van der Waals surface area contributed by atoms with Gasteiger partial charge in [0.15, 0.2) is 5.78 Å². The second kappa shape index (κ2) is 15.1. The van der Waals surface area contributed by atoms with E-state index in [-0.39, 0.29) is 28.7 Å². The van der Waals surface area contributed by atoms with Crippen molar-refractivity contribution in [3.8, 4) is 0 Å². The highest BCUT2D eigenvalue weighted by Crippen LogP contribution is 2.67. The lowest BCUT2D eigenvalue weighted by Crippen LogP contribution is -2.48. The molecule has 0 unspecified atom stereocenters. The number of esters is 1. The molecule has 0 radical (unpaired) electrons. The van der Waals surface area contributed by atoms with Crippen LogP contribution < -0.4 is 0 Å². The summed E-state index contributed by atoms with van der Waals surface area (Å²) in [4.78, 5) is 24.5. The molecule has 1 heterocycles. The standard InChI is InChI=1S/C42H58O6/c1-29(18-14-19-31(3)22-23-37-38(6,7)26-35(47-33(5)43)27-40(37,10)46)16-12-13-17-30(2)20-15-21-32(4)36(45)28-42-39(8,9)24-34(44)25-41(42,11)48-42/h12-21,23,27,34,44,46H,22,24-26,28H2,1-11H3/b13-12+,18-14+,20-15+,29-16+,30-17+,31-19+,32-21+,37-23?/t34-,40+,41+,42-/m0/s1. The summed E-state index contributed by atoms with van der Waals surface area (Å²) in [6.45, 7) is 21.4. The van der Waals surface area contributed by atoms with Crippen LogP contribution in [0.15, 0.2) is 107 Å².